The molecule has 2 aromatic rings. The summed E-state index contributed by atoms with van der Waals surface area (Å²) in [5.74, 6) is 0. The fourth-order valence-corrected chi connectivity index (χ4v) is 2.27. The lowest BCUT2D eigenvalue weighted by Gasteiger charge is -2.11. The van der Waals surface area contributed by atoms with Gasteiger partial charge >= 0.3 is 0 Å². The molecule has 0 radical (unpaired) electrons. The highest BCUT2D eigenvalue weighted by atomic mass is 14.8. The van der Waals surface area contributed by atoms with Crippen molar-refractivity contribution in [3.63, 3.8) is 0 Å². The molecule has 84 valence electrons. The number of hydrogen-bond donors (Lipinski definition) is 1. The average molecular weight is 213 g/mol. The van der Waals surface area contributed by atoms with E-state index in [9.17, 15) is 0 Å². The van der Waals surface area contributed by atoms with E-state index < -0.39 is 0 Å². The Kier molecular flexibility index (Phi) is 3.25. The maximum absolute atomic E-state index is 3.40. The number of rotatable bonds is 3. The molecule has 1 nitrogen and oxygen atoms in total. The van der Waals surface area contributed by atoms with Crippen LogP contribution in [0.5, 0.6) is 0 Å². The van der Waals surface area contributed by atoms with E-state index in [4.69, 9.17) is 0 Å². The predicted octanol–water partition coefficient (Wildman–Crippen LogP) is 3.57. The summed E-state index contributed by atoms with van der Waals surface area (Å²) in [5, 5.41) is 6.20. The van der Waals surface area contributed by atoms with Crippen LogP contribution in [0.4, 0.5) is 0 Å². The standard InChI is InChI=1S/C15H19N/c1-4-16-10-13-9-8-12(3)15-11(2)6-5-7-14(13)15/h5-9,16H,4,10H2,1-3H3. The first-order valence-corrected chi connectivity index (χ1v) is 5.92. The van der Waals surface area contributed by atoms with Crippen LogP contribution in [0.25, 0.3) is 10.8 Å². The smallest absolute Gasteiger partial charge is 0.0211 e. The molecule has 1 N–H and O–H groups in total. The molecule has 16 heavy (non-hydrogen) atoms. The van der Waals surface area contributed by atoms with Crippen LogP contribution in [-0.4, -0.2) is 6.54 Å². The predicted molar refractivity (Wildman–Crippen MR) is 70.8 cm³/mol. The monoisotopic (exact) mass is 213 g/mol. The minimum Gasteiger partial charge on any atom is -0.313 e. The van der Waals surface area contributed by atoms with E-state index in [0.29, 0.717) is 0 Å². The molecule has 0 aliphatic rings. The quantitative estimate of drug-likeness (QED) is 0.822. The van der Waals surface area contributed by atoms with Crippen LogP contribution in [0.1, 0.15) is 23.6 Å². The molecule has 2 aromatic carbocycles. The number of hydrogen-bond acceptors (Lipinski definition) is 1. The van der Waals surface area contributed by atoms with Crippen molar-refractivity contribution in [2.24, 2.45) is 0 Å². The van der Waals surface area contributed by atoms with Crippen molar-refractivity contribution in [3.05, 3.63) is 47.0 Å². The van der Waals surface area contributed by atoms with Gasteiger partial charge in [0.1, 0.15) is 0 Å². The van der Waals surface area contributed by atoms with Crippen LogP contribution in [0.3, 0.4) is 0 Å². The summed E-state index contributed by atoms with van der Waals surface area (Å²) in [6, 6.07) is 11.0. The van der Waals surface area contributed by atoms with Crippen molar-refractivity contribution in [1.29, 1.82) is 0 Å². The normalized spacial score (nSPS) is 10.9. The Balaban J connectivity index is 2.60. The second-order valence-electron chi connectivity index (χ2n) is 4.32. The lowest BCUT2D eigenvalue weighted by atomic mass is 9.97. The average Bonchev–Trinajstić information content (AvgIpc) is 2.28. The van der Waals surface area contributed by atoms with E-state index in [1.54, 1.807) is 0 Å². The summed E-state index contributed by atoms with van der Waals surface area (Å²) in [7, 11) is 0. The molecule has 1 heteroatoms. The van der Waals surface area contributed by atoms with Crippen molar-refractivity contribution < 1.29 is 0 Å². The van der Waals surface area contributed by atoms with Gasteiger partial charge in [-0.1, -0.05) is 37.3 Å². The van der Waals surface area contributed by atoms with Crippen LogP contribution in [-0.2, 0) is 6.54 Å². The van der Waals surface area contributed by atoms with Gasteiger partial charge in [-0.15, -0.1) is 0 Å². The third-order valence-corrected chi connectivity index (χ3v) is 3.11. The van der Waals surface area contributed by atoms with Crippen LogP contribution >= 0.6 is 0 Å². The fourth-order valence-electron chi connectivity index (χ4n) is 2.27. The summed E-state index contributed by atoms with van der Waals surface area (Å²) >= 11 is 0. The van der Waals surface area contributed by atoms with Crippen LogP contribution in [0.15, 0.2) is 30.3 Å². The molecule has 0 heterocycles. The maximum Gasteiger partial charge on any atom is 0.0211 e. The van der Waals surface area contributed by atoms with Crippen molar-refractivity contribution in [3.8, 4) is 0 Å². The zero-order valence-corrected chi connectivity index (χ0v) is 10.3. The van der Waals surface area contributed by atoms with Gasteiger partial charge in [0, 0.05) is 6.54 Å². The summed E-state index contributed by atoms with van der Waals surface area (Å²) in [6.07, 6.45) is 0. The summed E-state index contributed by atoms with van der Waals surface area (Å²) < 4.78 is 0. The molecule has 0 aromatic heterocycles. The lowest BCUT2D eigenvalue weighted by molar-refractivity contribution is 0.730. The minimum absolute atomic E-state index is 0.955. The third-order valence-electron chi connectivity index (χ3n) is 3.11. The van der Waals surface area contributed by atoms with Gasteiger partial charge in [0.25, 0.3) is 0 Å². The number of nitrogens with one attached hydrogen (secondary N) is 1. The van der Waals surface area contributed by atoms with E-state index in [0.717, 1.165) is 13.1 Å². The maximum atomic E-state index is 3.40. The Morgan fingerprint density at radius 2 is 1.75 bits per heavy atom. The molecule has 0 amide bonds. The summed E-state index contributed by atoms with van der Waals surface area (Å²) in [4.78, 5) is 0. The molecule has 0 aliphatic heterocycles. The van der Waals surface area contributed by atoms with Gasteiger partial charge in [0.15, 0.2) is 0 Å². The molecular weight excluding hydrogens is 194 g/mol. The van der Waals surface area contributed by atoms with Gasteiger partial charge in [-0.2, -0.15) is 0 Å². The van der Waals surface area contributed by atoms with E-state index in [1.165, 1.54) is 27.5 Å². The first kappa shape index (κ1) is 11.2. The molecule has 2 rings (SSSR count). The van der Waals surface area contributed by atoms with Crippen LogP contribution in [0, 0.1) is 13.8 Å². The van der Waals surface area contributed by atoms with Gasteiger partial charge in [-0.25, -0.2) is 0 Å². The van der Waals surface area contributed by atoms with E-state index in [1.807, 2.05) is 0 Å². The fraction of sp³-hybridized carbons (Fsp3) is 0.333. The summed E-state index contributed by atoms with van der Waals surface area (Å²) in [5.41, 5.74) is 4.13. The first-order valence-electron chi connectivity index (χ1n) is 5.92. The lowest BCUT2D eigenvalue weighted by Crippen LogP contribution is -2.12. The van der Waals surface area contributed by atoms with Gasteiger partial charge in [-0.05, 0) is 47.9 Å². The zero-order chi connectivity index (χ0) is 11.5. The van der Waals surface area contributed by atoms with E-state index in [2.05, 4.69) is 56.4 Å². The molecule has 0 atom stereocenters. The first-order chi connectivity index (χ1) is 7.74. The van der Waals surface area contributed by atoms with Gasteiger partial charge < -0.3 is 5.32 Å². The van der Waals surface area contributed by atoms with Crippen molar-refractivity contribution >= 4 is 10.8 Å². The Labute approximate surface area is 97.5 Å². The number of benzene rings is 2. The van der Waals surface area contributed by atoms with Crippen molar-refractivity contribution in [2.75, 3.05) is 6.54 Å². The van der Waals surface area contributed by atoms with Crippen LogP contribution in [0.2, 0.25) is 0 Å². The topological polar surface area (TPSA) is 12.0 Å². The van der Waals surface area contributed by atoms with Crippen LogP contribution < -0.4 is 5.32 Å². The number of fused-ring (bicyclic) bond motifs is 1. The summed E-state index contributed by atoms with van der Waals surface area (Å²) in [6.45, 7) is 8.48. The largest absolute Gasteiger partial charge is 0.313 e. The van der Waals surface area contributed by atoms with Crippen molar-refractivity contribution in [1.82, 2.24) is 5.32 Å². The molecule has 0 bridgehead atoms. The molecule has 0 unspecified atom stereocenters. The Morgan fingerprint density at radius 3 is 2.50 bits per heavy atom. The second kappa shape index (κ2) is 4.67. The highest BCUT2D eigenvalue weighted by molar-refractivity contribution is 5.91. The zero-order valence-electron chi connectivity index (χ0n) is 10.3. The molecule has 0 spiro atoms. The SMILES string of the molecule is CCNCc1ccc(C)c2c(C)cccc12. The molecular formula is C15H19N. The van der Waals surface area contributed by atoms with Gasteiger partial charge in [0.2, 0.25) is 0 Å². The second-order valence-corrected chi connectivity index (χ2v) is 4.32. The Morgan fingerprint density at radius 1 is 1.00 bits per heavy atom. The van der Waals surface area contributed by atoms with Gasteiger partial charge in [0.05, 0.1) is 0 Å². The van der Waals surface area contributed by atoms with Crippen molar-refractivity contribution in [2.45, 2.75) is 27.3 Å². The Hall–Kier alpha value is -1.34. The molecule has 0 fully saturated rings. The molecule has 0 saturated carbocycles. The van der Waals surface area contributed by atoms with Gasteiger partial charge in [-0.3, -0.25) is 0 Å². The number of aryl methyl sites for hydroxylation is 2. The highest BCUT2D eigenvalue weighted by Gasteiger charge is 2.04. The van der Waals surface area contributed by atoms with E-state index in [-0.39, 0.29) is 0 Å². The van der Waals surface area contributed by atoms with E-state index >= 15 is 0 Å². The molecule has 0 saturated heterocycles. The Bertz CT molecular complexity index is 492. The third kappa shape index (κ3) is 1.96. The molecule has 0 aliphatic carbocycles. The highest BCUT2D eigenvalue weighted by Crippen LogP contribution is 2.25. The minimum atomic E-state index is 0.955.